The summed E-state index contributed by atoms with van der Waals surface area (Å²) in [6, 6.07) is 4.27. The van der Waals surface area contributed by atoms with Gasteiger partial charge in [-0.1, -0.05) is 0 Å². The van der Waals surface area contributed by atoms with E-state index < -0.39 is 11.7 Å². The van der Waals surface area contributed by atoms with Crippen molar-refractivity contribution in [3.05, 3.63) is 33.1 Å². The van der Waals surface area contributed by atoms with E-state index in [-0.39, 0.29) is 5.56 Å². The summed E-state index contributed by atoms with van der Waals surface area (Å²) in [6.07, 6.45) is 0. The molecule has 13 heavy (non-hydrogen) atoms. The van der Waals surface area contributed by atoms with Gasteiger partial charge < -0.3 is 0 Å². The lowest BCUT2D eigenvalue weighted by Gasteiger charge is -2.03. The summed E-state index contributed by atoms with van der Waals surface area (Å²) in [5.41, 5.74) is 2.03. The molecule has 0 fully saturated rings. The third kappa shape index (κ3) is 2.63. The summed E-state index contributed by atoms with van der Waals surface area (Å²) in [4.78, 5) is 15.5. The van der Waals surface area contributed by atoms with Crippen molar-refractivity contribution in [3.8, 4) is 0 Å². The Kier molecular flexibility index (Phi) is 3.61. The van der Waals surface area contributed by atoms with Crippen LogP contribution >= 0.6 is 22.6 Å². The monoisotopic (exact) mass is 295 g/mol. The number of rotatable bonds is 2. The molecule has 0 saturated heterocycles. The molecule has 0 atom stereocenters. The van der Waals surface area contributed by atoms with Crippen LogP contribution in [0.2, 0.25) is 0 Å². The molecule has 1 rings (SSSR count). The van der Waals surface area contributed by atoms with E-state index in [4.69, 9.17) is 0 Å². The molecule has 1 amide bonds. The van der Waals surface area contributed by atoms with Gasteiger partial charge in [-0.2, -0.15) is 0 Å². The minimum Gasteiger partial charge on any atom is -0.277 e. The van der Waals surface area contributed by atoms with Gasteiger partial charge in [-0.25, -0.2) is 9.87 Å². The first-order valence-corrected chi connectivity index (χ1v) is 4.51. The number of hydrogen-bond acceptors (Lipinski definition) is 2. The maximum Gasteiger partial charge on any atom is 0.277 e. The maximum absolute atomic E-state index is 13.0. The average Bonchev–Trinajstić information content (AvgIpc) is 2.09. The Morgan fingerprint density at radius 2 is 2.31 bits per heavy atom. The first-order valence-electron chi connectivity index (χ1n) is 3.43. The predicted octanol–water partition coefficient (Wildman–Crippen LogP) is 1.72. The zero-order valence-electron chi connectivity index (χ0n) is 6.80. The van der Waals surface area contributed by atoms with Gasteiger partial charge in [-0.15, -0.1) is 0 Å². The van der Waals surface area contributed by atoms with Gasteiger partial charge >= 0.3 is 0 Å². The molecule has 0 unspecified atom stereocenters. The van der Waals surface area contributed by atoms with Crippen molar-refractivity contribution in [2.45, 2.75) is 0 Å². The maximum atomic E-state index is 13.0. The van der Waals surface area contributed by atoms with Gasteiger partial charge in [0, 0.05) is 3.57 Å². The van der Waals surface area contributed by atoms with Gasteiger partial charge in [0.15, 0.2) is 0 Å². The Labute approximate surface area is 88.4 Å². The van der Waals surface area contributed by atoms with E-state index in [0.29, 0.717) is 0 Å². The summed E-state index contributed by atoms with van der Waals surface area (Å²) in [6.45, 7) is 0. The van der Waals surface area contributed by atoms with Crippen LogP contribution in [0.1, 0.15) is 10.4 Å². The minimum absolute atomic E-state index is 0.0197. The number of nitrogens with one attached hydrogen (secondary N) is 1. The molecule has 0 spiro atoms. The van der Waals surface area contributed by atoms with Gasteiger partial charge in [0.2, 0.25) is 0 Å². The van der Waals surface area contributed by atoms with Crippen LogP contribution in [0.5, 0.6) is 0 Å². The second-order valence-electron chi connectivity index (χ2n) is 2.26. The van der Waals surface area contributed by atoms with Crippen molar-refractivity contribution in [1.82, 2.24) is 5.48 Å². The Morgan fingerprint density at radius 1 is 1.62 bits per heavy atom. The largest absolute Gasteiger partial charge is 0.277 e. The molecule has 1 N–H and O–H groups in total. The van der Waals surface area contributed by atoms with E-state index in [1.165, 1.54) is 19.2 Å². The van der Waals surface area contributed by atoms with E-state index in [1.807, 2.05) is 28.1 Å². The Balaban J connectivity index is 2.99. The zero-order valence-corrected chi connectivity index (χ0v) is 8.96. The number of carbonyl (C=O) groups excluding carboxylic acids is 1. The molecule has 0 radical (unpaired) electrons. The van der Waals surface area contributed by atoms with Crippen LogP contribution in [0.25, 0.3) is 0 Å². The summed E-state index contributed by atoms with van der Waals surface area (Å²) in [5, 5.41) is 0. The smallest absolute Gasteiger partial charge is 0.277 e. The fraction of sp³-hybridized carbons (Fsp3) is 0.125. The fourth-order valence-electron chi connectivity index (χ4n) is 0.819. The lowest BCUT2D eigenvalue weighted by molar-refractivity contribution is 0.0533. The lowest BCUT2D eigenvalue weighted by Crippen LogP contribution is -2.22. The minimum atomic E-state index is -0.585. The molecule has 0 aliphatic carbocycles. The van der Waals surface area contributed by atoms with Crippen molar-refractivity contribution < 1.29 is 14.0 Å². The molecular weight excluding hydrogens is 288 g/mol. The molecule has 0 aromatic heterocycles. The van der Waals surface area contributed by atoms with Crippen LogP contribution in [0.15, 0.2) is 18.2 Å². The van der Waals surface area contributed by atoms with Gasteiger partial charge in [-0.05, 0) is 40.8 Å². The van der Waals surface area contributed by atoms with Gasteiger partial charge in [-0.3, -0.25) is 9.63 Å². The van der Waals surface area contributed by atoms with Crippen LogP contribution in [0, 0.1) is 9.39 Å². The molecular formula is C8H7FINO2. The van der Waals surface area contributed by atoms with E-state index in [9.17, 15) is 9.18 Å². The third-order valence-corrected chi connectivity index (χ3v) is 2.04. The zero-order chi connectivity index (χ0) is 9.84. The normalized spacial score (nSPS) is 9.77. The Bertz CT molecular complexity index is 330. The number of carbonyl (C=O) groups is 1. The van der Waals surface area contributed by atoms with Crippen molar-refractivity contribution in [1.29, 1.82) is 0 Å². The average molecular weight is 295 g/mol. The summed E-state index contributed by atoms with van der Waals surface area (Å²) in [7, 11) is 1.30. The molecule has 70 valence electrons. The number of hydroxylamine groups is 1. The third-order valence-electron chi connectivity index (χ3n) is 1.37. The van der Waals surface area contributed by atoms with Crippen LogP contribution in [0.3, 0.4) is 0 Å². The van der Waals surface area contributed by atoms with Crippen molar-refractivity contribution in [3.63, 3.8) is 0 Å². The highest BCUT2D eigenvalue weighted by molar-refractivity contribution is 14.1. The highest BCUT2D eigenvalue weighted by atomic mass is 127. The highest BCUT2D eigenvalue weighted by Gasteiger charge is 2.10. The van der Waals surface area contributed by atoms with Crippen LogP contribution in [0.4, 0.5) is 4.39 Å². The molecule has 1 aromatic rings. The number of hydrogen-bond donors (Lipinski definition) is 1. The number of halogens is 2. The first-order chi connectivity index (χ1) is 6.15. The Morgan fingerprint density at radius 3 is 2.92 bits per heavy atom. The molecule has 1 aromatic carbocycles. The molecule has 0 saturated carbocycles. The lowest BCUT2D eigenvalue weighted by atomic mass is 10.2. The second kappa shape index (κ2) is 4.52. The van der Waals surface area contributed by atoms with Crippen LogP contribution in [-0.4, -0.2) is 13.0 Å². The van der Waals surface area contributed by atoms with Crippen molar-refractivity contribution in [2.75, 3.05) is 7.11 Å². The Hall–Kier alpha value is -0.690. The second-order valence-corrected chi connectivity index (χ2v) is 3.51. The molecule has 5 heteroatoms. The molecule has 0 bridgehead atoms. The quantitative estimate of drug-likeness (QED) is 0.666. The fourth-order valence-corrected chi connectivity index (χ4v) is 1.31. The van der Waals surface area contributed by atoms with Crippen molar-refractivity contribution >= 4 is 28.5 Å². The molecule has 0 aliphatic rings. The molecule has 3 nitrogen and oxygen atoms in total. The van der Waals surface area contributed by atoms with Crippen molar-refractivity contribution in [2.24, 2.45) is 0 Å². The van der Waals surface area contributed by atoms with E-state index in [1.54, 1.807) is 6.07 Å². The van der Waals surface area contributed by atoms with Crippen LogP contribution in [-0.2, 0) is 4.84 Å². The number of benzene rings is 1. The molecule has 0 heterocycles. The summed E-state index contributed by atoms with van der Waals surface area (Å²) in [5.74, 6) is -1.14. The summed E-state index contributed by atoms with van der Waals surface area (Å²) < 4.78 is 13.8. The molecule has 0 aliphatic heterocycles. The van der Waals surface area contributed by atoms with Gasteiger partial charge in [0.1, 0.15) is 5.82 Å². The van der Waals surface area contributed by atoms with E-state index in [2.05, 4.69) is 4.84 Å². The van der Waals surface area contributed by atoms with E-state index in [0.717, 1.165) is 3.57 Å². The van der Waals surface area contributed by atoms with Crippen LogP contribution < -0.4 is 5.48 Å². The van der Waals surface area contributed by atoms with E-state index >= 15 is 0 Å². The first kappa shape index (κ1) is 10.4. The van der Waals surface area contributed by atoms with Gasteiger partial charge in [0.25, 0.3) is 5.91 Å². The SMILES string of the molecule is CONC(=O)c1cc(I)ccc1F. The predicted molar refractivity (Wildman–Crippen MR) is 53.6 cm³/mol. The topological polar surface area (TPSA) is 38.3 Å². The summed E-state index contributed by atoms with van der Waals surface area (Å²) >= 11 is 2.00. The standard InChI is InChI=1S/C8H7FINO2/c1-13-11-8(12)6-4-5(10)2-3-7(6)9/h2-4H,1H3,(H,11,12). The van der Waals surface area contributed by atoms with Gasteiger partial charge in [0.05, 0.1) is 12.7 Å². The number of amides is 1. The highest BCUT2D eigenvalue weighted by Crippen LogP contribution is 2.12.